The highest BCUT2D eigenvalue weighted by molar-refractivity contribution is 6.25. The van der Waals surface area contributed by atoms with Crippen LogP contribution in [0.5, 0.6) is 5.75 Å². The summed E-state index contributed by atoms with van der Waals surface area (Å²) < 4.78 is 9.77. The number of amides is 3. The fraction of sp³-hybridized carbons (Fsp3) is 0.200. The Labute approximate surface area is 190 Å². The molecule has 8 heteroatoms. The number of ether oxygens (including phenoxy) is 2. The van der Waals surface area contributed by atoms with Crippen molar-refractivity contribution in [3.8, 4) is 5.75 Å². The van der Waals surface area contributed by atoms with E-state index in [9.17, 15) is 19.2 Å². The van der Waals surface area contributed by atoms with Crippen molar-refractivity contribution in [3.05, 3.63) is 71.8 Å². The second-order valence-electron chi connectivity index (χ2n) is 7.51. The number of rotatable bonds is 8. The van der Waals surface area contributed by atoms with Crippen molar-refractivity contribution < 1.29 is 28.7 Å². The molecule has 1 aliphatic heterocycles. The lowest BCUT2D eigenvalue weighted by Gasteiger charge is -2.27. The Morgan fingerprint density at radius 2 is 1.55 bits per heavy atom. The number of anilines is 1. The first kappa shape index (κ1) is 22.0. The van der Waals surface area contributed by atoms with Crippen molar-refractivity contribution >= 4 is 40.2 Å². The molecular weight excluding hydrogens is 424 g/mol. The summed E-state index contributed by atoms with van der Waals surface area (Å²) in [6.45, 7) is -0.0504. The predicted molar refractivity (Wildman–Crippen MR) is 121 cm³/mol. The van der Waals surface area contributed by atoms with E-state index in [1.807, 2.05) is 12.1 Å². The maximum atomic E-state index is 12.9. The standard InChI is InChI=1S/C25H22N2O6/c1-32-22(29)15-33-18-12-10-17(11-13-18)26-21(28)9-4-14-27-24(30)19-7-2-5-16-6-3-8-20(23(16)19)25(27)31/h2-3,5-8,10-13H,4,9,14-15H2,1H3,(H,26,28). The summed E-state index contributed by atoms with van der Waals surface area (Å²) in [7, 11) is 1.28. The molecule has 0 saturated heterocycles. The molecule has 168 valence electrons. The second kappa shape index (κ2) is 9.52. The summed E-state index contributed by atoms with van der Waals surface area (Å²) in [6, 6.07) is 17.3. The number of nitrogens with zero attached hydrogens (tertiary/aromatic N) is 1. The number of hydrogen-bond donors (Lipinski definition) is 1. The van der Waals surface area contributed by atoms with Crippen LogP contribution in [0.2, 0.25) is 0 Å². The van der Waals surface area contributed by atoms with Crippen molar-refractivity contribution in [2.24, 2.45) is 0 Å². The Morgan fingerprint density at radius 1 is 0.909 bits per heavy atom. The third kappa shape index (κ3) is 4.69. The minimum atomic E-state index is -0.488. The Balaban J connectivity index is 1.31. The van der Waals surface area contributed by atoms with Crippen LogP contribution in [-0.4, -0.2) is 48.9 Å². The van der Waals surface area contributed by atoms with Gasteiger partial charge >= 0.3 is 5.97 Å². The zero-order chi connectivity index (χ0) is 23.4. The summed E-state index contributed by atoms with van der Waals surface area (Å²) in [6.07, 6.45) is 0.477. The maximum Gasteiger partial charge on any atom is 0.343 e. The molecule has 0 saturated carbocycles. The lowest BCUT2D eigenvalue weighted by Crippen LogP contribution is -2.41. The predicted octanol–water partition coefficient (Wildman–Crippen LogP) is 3.41. The first-order chi connectivity index (χ1) is 16.0. The number of carbonyl (C=O) groups is 4. The van der Waals surface area contributed by atoms with Gasteiger partial charge in [0.05, 0.1) is 7.11 Å². The van der Waals surface area contributed by atoms with E-state index in [2.05, 4.69) is 10.1 Å². The van der Waals surface area contributed by atoms with Crippen LogP contribution in [-0.2, 0) is 14.3 Å². The molecule has 0 spiro atoms. The van der Waals surface area contributed by atoms with Crippen LogP contribution in [0.1, 0.15) is 33.6 Å². The highest BCUT2D eigenvalue weighted by Crippen LogP contribution is 2.30. The van der Waals surface area contributed by atoms with Gasteiger partial charge in [-0.15, -0.1) is 0 Å². The third-order valence-electron chi connectivity index (χ3n) is 5.36. The molecule has 0 radical (unpaired) electrons. The summed E-state index contributed by atoms with van der Waals surface area (Å²) in [4.78, 5) is 50.4. The minimum Gasteiger partial charge on any atom is -0.482 e. The highest BCUT2D eigenvalue weighted by Gasteiger charge is 2.32. The van der Waals surface area contributed by atoms with Crippen LogP contribution in [0.25, 0.3) is 10.8 Å². The second-order valence-corrected chi connectivity index (χ2v) is 7.51. The van der Waals surface area contributed by atoms with E-state index in [4.69, 9.17) is 4.74 Å². The number of esters is 1. The molecule has 0 aliphatic carbocycles. The van der Waals surface area contributed by atoms with Crippen molar-refractivity contribution in [1.82, 2.24) is 4.90 Å². The third-order valence-corrected chi connectivity index (χ3v) is 5.36. The van der Waals surface area contributed by atoms with Gasteiger partial charge < -0.3 is 14.8 Å². The zero-order valence-corrected chi connectivity index (χ0v) is 18.0. The molecule has 0 aromatic heterocycles. The van der Waals surface area contributed by atoms with E-state index in [0.29, 0.717) is 34.4 Å². The number of methoxy groups -OCH3 is 1. The maximum absolute atomic E-state index is 12.9. The molecule has 33 heavy (non-hydrogen) atoms. The monoisotopic (exact) mass is 446 g/mol. The quantitative estimate of drug-likeness (QED) is 0.420. The molecule has 8 nitrogen and oxygen atoms in total. The Morgan fingerprint density at radius 3 is 2.15 bits per heavy atom. The van der Waals surface area contributed by atoms with Crippen molar-refractivity contribution in [3.63, 3.8) is 0 Å². The van der Waals surface area contributed by atoms with Crippen LogP contribution in [0.4, 0.5) is 5.69 Å². The molecule has 1 heterocycles. The van der Waals surface area contributed by atoms with Gasteiger partial charge in [-0.1, -0.05) is 24.3 Å². The number of benzene rings is 3. The zero-order valence-electron chi connectivity index (χ0n) is 18.0. The highest BCUT2D eigenvalue weighted by atomic mass is 16.6. The average molecular weight is 446 g/mol. The molecule has 0 unspecified atom stereocenters. The molecule has 3 aromatic rings. The molecule has 0 fully saturated rings. The first-order valence-corrected chi connectivity index (χ1v) is 10.5. The Hall–Kier alpha value is -4.20. The molecular formula is C25H22N2O6. The summed E-state index contributed by atoms with van der Waals surface area (Å²) in [5.74, 6) is -0.939. The van der Waals surface area contributed by atoms with Gasteiger partial charge in [-0.05, 0) is 48.2 Å². The largest absolute Gasteiger partial charge is 0.482 e. The van der Waals surface area contributed by atoms with Crippen LogP contribution >= 0.6 is 0 Å². The fourth-order valence-electron chi connectivity index (χ4n) is 3.74. The van der Waals surface area contributed by atoms with E-state index in [0.717, 1.165) is 5.39 Å². The molecule has 3 amide bonds. The van der Waals surface area contributed by atoms with Crippen LogP contribution in [0.15, 0.2) is 60.7 Å². The number of nitrogens with one attached hydrogen (secondary N) is 1. The van der Waals surface area contributed by atoms with Crippen LogP contribution in [0.3, 0.4) is 0 Å². The minimum absolute atomic E-state index is 0.142. The van der Waals surface area contributed by atoms with Gasteiger partial charge in [-0.2, -0.15) is 0 Å². The molecule has 0 bridgehead atoms. The lowest BCUT2D eigenvalue weighted by molar-refractivity contribution is -0.142. The van der Waals surface area contributed by atoms with Crippen molar-refractivity contribution in [2.75, 3.05) is 25.6 Å². The molecule has 0 atom stereocenters. The number of hydrogen-bond acceptors (Lipinski definition) is 6. The molecule has 1 aliphatic rings. The van der Waals surface area contributed by atoms with E-state index in [-0.39, 0.29) is 37.3 Å². The van der Waals surface area contributed by atoms with Gasteiger partial charge in [-0.3, -0.25) is 19.3 Å². The van der Waals surface area contributed by atoms with E-state index in [1.165, 1.54) is 12.0 Å². The van der Waals surface area contributed by atoms with E-state index >= 15 is 0 Å². The Kier molecular flexibility index (Phi) is 6.35. The van der Waals surface area contributed by atoms with Gasteiger partial charge in [-0.25, -0.2) is 4.79 Å². The first-order valence-electron chi connectivity index (χ1n) is 10.5. The normalized spacial score (nSPS) is 12.6. The fourth-order valence-corrected chi connectivity index (χ4v) is 3.74. The van der Waals surface area contributed by atoms with Gasteiger partial charge in [0.15, 0.2) is 6.61 Å². The van der Waals surface area contributed by atoms with Crippen molar-refractivity contribution in [2.45, 2.75) is 12.8 Å². The van der Waals surface area contributed by atoms with Crippen LogP contribution < -0.4 is 10.1 Å². The summed E-state index contributed by atoms with van der Waals surface area (Å²) in [5.41, 5.74) is 1.57. The number of carbonyl (C=O) groups excluding carboxylic acids is 4. The molecule has 3 aromatic carbocycles. The summed E-state index contributed by atoms with van der Waals surface area (Å²) >= 11 is 0. The van der Waals surface area contributed by atoms with Gasteiger partial charge in [0.2, 0.25) is 5.91 Å². The lowest BCUT2D eigenvalue weighted by atomic mass is 9.94. The van der Waals surface area contributed by atoms with E-state index < -0.39 is 5.97 Å². The molecule has 4 rings (SSSR count). The van der Waals surface area contributed by atoms with Gasteiger partial charge in [0.25, 0.3) is 11.8 Å². The SMILES string of the molecule is COC(=O)COc1ccc(NC(=O)CCCN2C(=O)c3cccc4cccc(c34)C2=O)cc1. The smallest absolute Gasteiger partial charge is 0.343 e. The van der Waals surface area contributed by atoms with Crippen LogP contribution in [0, 0.1) is 0 Å². The number of imide groups is 1. The van der Waals surface area contributed by atoms with Gasteiger partial charge in [0, 0.05) is 35.2 Å². The average Bonchev–Trinajstić information content (AvgIpc) is 2.83. The van der Waals surface area contributed by atoms with Crippen molar-refractivity contribution in [1.29, 1.82) is 0 Å². The van der Waals surface area contributed by atoms with E-state index in [1.54, 1.807) is 48.5 Å². The topological polar surface area (TPSA) is 102 Å². The molecule has 1 N–H and O–H groups in total. The Bertz CT molecular complexity index is 1180. The summed E-state index contributed by atoms with van der Waals surface area (Å²) in [5, 5.41) is 4.30. The van der Waals surface area contributed by atoms with Gasteiger partial charge in [0.1, 0.15) is 5.75 Å².